The minimum Gasteiger partial charge on any atom is -0.369 e. The van der Waals surface area contributed by atoms with Crippen LogP contribution in [0.1, 0.15) is 11.1 Å². The number of aryl methyl sites for hydroxylation is 1. The van der Waals surface area contributed by atoms with Gasteiger partial charge in [0.25, 0.3) is 0 Å². The normalized spacial score (nSPS) is 14.7. The number of likely N-dealkylation sites (N-methyl/N-ethyl adjacent to an activating group) is 1. The first-order chi connectivity index (χ1) is 13.0. The average Bonchev–Trinajstić information content (AvgIpc) is 2.68. The Kier molecular flexibility index (Phi) is 6.08. The van der Waals surface area contributed by atoms with Crippen LogP contribution in [0.15, 0.2) is 48.5 Å². The van der Waals surface area contributed by atoms with Crippen LogP contribution in [0.25, 0.3) is 0 Å². The third kappa shape index (κ3) is 5.08. The number of nitrogens with one attached hydrogen (secondary N) is 2. The van der Waals surface area contributed by atoms with Gasteiger partial charge in [-0.3, -0.25) is 9.59 Å². The molecule has 1 heterocycles. The van der Waals surface area contributed by atoms with Gasteiger partial charge in [0.15, 0.2) is 0 Å². The van der Waals surface area contributed by atoms with Gasteiger partial charge >= 0.3 is 11.8 Å². The molecule has 2 aromatic carbocycles. The van der Waals surface area contributed by atoms with Gasteiger partial charge in [0.1, 0.15) is 0 Å². The number of hydrogen-bond acceptors (Lipinski definition) is 4. The molecule has 142 valence electrons. The Morgan fingerprint density at radius 2 is 1.59 bits per heavy atom. The predicted octanol–water partition coefficient (Wildman–Crippen LogP) is 2.00. The molecule has 0 bridgehead atoms. The molecule has 0 saturated carbocycles. The molecule has 1 aliphatic rings. The van der Waals surface area contributed by atoms with Gasteiger partial charge in [-0.2, -0.15) is 0 Å². The summed E-state index contributed by atoms with van der Waals surface area (Å²) in [5, 5.41) is 5.32. The molecule has 27 heavy (non-hydrogen) atoms. The minimum atomic E-state index is -0.657. The summed E-state index contributed by atoms with van der Waals surface area (Å²) in [6.45, 7) is 6.37. The molecule has 1 aliphatic heterocycles. The predicted molar refractivity (Wildman–Crippen MR) is 108 cm³/mol. The largest absolute Gasteiger partial charge is 0.369 e. The lowest BCUT2D eigenvalue weighted by atomic mass is 10.1. The lowest BCUT2D eigenvalue weighted by Crippen LogP contribution is -2.44. The van der Waals surface area contributed by atoms with E-state index in [0.717, 1.165) is 43.0 Å². The molecule has 2 amide bonds. The first-order valence-electron chi connectivity index (χ1n) is 9.20. The van der Waals surface area contributed by atoms with E-state index in [1.54, 1.807) is 0 Å². The van der Waals surface area contributed by atoms with Gasteiger partial charge in [0.05, 0.1) is 0 Å². The Morgan fingerprint density at radius 1 is 0.926 bits per heavy atom. The van der Waals surface area contributed by atoms with Gasteiger partial charge in [0, 0.05) is 44.1 Å². The van der Waals surface area contributed by atoms with Crippen molar-refractivity contribution in [2.45, 2.75) is 13.5 Å². The standard InChI is InChI=1S/C21H26N4O2/c1-16-5-3-4-6-17(16)15-22-20(26)21(27)23-18-7-9-19(10-8-18)25-13-11-24(2)12-14-25/h3-10H,11-15H2,1-2H3,(H,22,26)(H,23,27). The molecule has 6 heteroatoms. The third-order valence-electron chi connectivity index (χ3n) is 4.90. The fourth-order valence-electron chi connectivity index (χ4n) is 3.07. The van der Waals surface area contributed by atoms with Crippen LogP contribution in [0.3, 0.4) is 0 Å². The topological polar surface area (TPSA) is 64.7 Å². The molecule has 1 fully saturated rings. The van der Waals surface area contributed by atoms with Gasteiger partial charge in [0.2, 0.25) is 0 Å². The van der Waals surface area contributed by atoms with Crippen LogP contribution in [-0.4, -0.2) is 49.9 Å². The van der Waals surface area contributed by atoms with E-state index in [1.807, 2.05) is 55.5 Å². The van der Waals surface area contributed by atoms with Crippen LogP contribution in [0, 0.1) is 6.92 Å². The lowest BCUT2D eigenvalue weighted by molar-refractivity contribution is -0.136. The van der Waals surface area contributed by atoms with Crippen LogP contribution in [0.4, 0.5) is 11.4 Å². The Labute approximate surface area is 160 Å². The highest BCUT2D eigenvalue weighted by molar-refractivity contribution is 6.39. The minimum absolute atomic E-state index is 0.335. The zero-order chi connectivity index (χ0) is 19.2. The second-order valence-electron chi connectivity index (χ2n) is 6.90. The summed E-state index contributed by atoms with van der Waals surface area (Å²) < 4.78 is 0. The Morgan fingerprint density at radius 3 is 2.26 bits per heavy atom. The number of piperazine rings is 1. The van der Waals surface area contributed by atoms with E-state index < -0.39 is 11.8 Å². The molecule has 0 aliphatic carbocycles. The van der Waals surface area contributed by atoms with E-state index in [1.165, 1.54) is 0 Å². The summed E-state index contributed by atoms with van der Waals surface area (Å²) in [4.78, 5) is 28.8. The van der Waals surface area contributed by atoms with Gasteiger partial charge in [-0.15, -0.1) is 0 Å². The monoisotopic (exact) mass is 366 g/mol. The quantitative estimate of drug-likeness (QED) is 0.813. The fourth-order valence-corrected chi connectivity index (χ4v) is 3.07. The van der Waals surface area contributed by atoms with E-state index >= 15 is 0 Å². The number of amides is 2. The number of carbonyl (C=O) groups is 2. The van der Waals surface area contributed by atoms with Crippen molar-refractivity contribution in [1.29, 1.82) is 0 Å². The van der Waals surface area contributed by atoms with Crippen LogP contribution in [0.2, 0.25) is 0 Å². The van der Waals surface area contributed by atoms with Gasteiger partial charge in [-0.1, -0.05) is 24.3 Å². The van der Waals surface area contributed by atoms with Crippen molar-refractivity contribution >= 4 is 23.2 Å². The molecule has 6 nitrogen and oxygen atoms in total. The summed E-state index contributed by atoms with van der Waals surface area (Å²) in [7, 11) is 2.13. The van der Waals surface area contributed by atoms with Crippen molar-refractivity contribution in [1.82, 2.24) is 10.2 Å². The number of hydrogen-bond donors (Lipinski definition) is 2. The molecule has 0 atom stereocenters. The molecule has 0 spiro atoms. The van der Waals surface area contributed by atoms with Crippen molar-refractivity contribution in [3.05, 3.63) is 59.7 Å². The zero-order valence-electron chi connectivity index (χ0n) is 15.9. The highest BCUT2D eigenvalue weighted by Crippen LogP contribution is 2.19. The van der Waals surface area contributed by atoms with Crippen molar-refractivity contribution in [3.63, 3.8) is 0 Å². The summed E-state index contributed by atoms with van der Waals surface area (Å²) >= 11 is 0. The number of anilines is 2. The van der Waals surface area contributed by atoms with Crippen molar-refractivity contribution in [2.75, 3.05) is 43.4 Å². The van der Waals surface area contributed by atoms with E-state index in [0.29, 0.717) is 12.2 Å². The summed E-state index contributed by atoms with van der Waals surface area (Å²) in [6.07, 6.45) is 0. The lowest BCUT2D eigenvalue weighted by Gasteiger charge is -2.34. The first-order valence-corrected chi connectivity index (χ1v) is 9.20. The van der Waals surface area contributed by atoms with Crippen molar-refractivity contribution < 1.29 is 9.59 Å². The maximum Gasteiger partial charge on any atom is 0.313 e. The fraction of sp³-hybridized carbons (Fsp3) is 0.333. The van der Waals surface area contributed by atoms with Gasteiger partial charge in [-0.25, -0.2) is 0 Å². The molecule has 1 saturated heterocycles. The number of rotatable bonds is 4. The molecule has 2 N–H and O–H groups in total. The molecule has 0 unspecified atom stereocenters. The zero-order valence-corrected chi connectivity index (χ0v) is 15.9. The highest BCUT2D eigenvalue weighted by Gasteiger charge is 2.16. The first kappa shape index (κ1) is 18.9. The van der Waals surface area contributed by atoms with Gasteiger partial charge in [-0.05, 0) is 49.4 Å². The average molecular weight is 366 g/mol. The SMILES string of the molecule is Cc1ccccc1CNC(=O)C(=O)Nc1ccc(N2CCN(C)CC2)cc1. The molecule has 2 aromatic rings. The van der Waals surface area contributed by atoms with Crippen molar-refractivity contribution in [2.24, 2.45) is 0 Å². The van der Waals surface area contributed by atoms with E-state index in [4.69, 9.17) is 0 Å². The second-order valence-corrected chi connectivity index (χ2v) is 6.90. The van der Waals surface area contributed by atoms with Crippen LogP contribution in [-0.2, 0) is 16.1 Å². The molecule has 0 aromatic heterocycles. The Bertz CT molecular complexity index is 796. The van der Waals surface area contributed by atoms with Crippen LogP contribution < -0.4 is 15.5 Å². The Hall–Kier alpha value is -2.86. The number of carbonyl (C=O) groups excluding carboxylic acids is 2. The summed E-state index contributed by atoms with van der Waals surface area (Å²) in [5.41, 5.74) is 3.82. The third-order valence-corrected chi connectivity index (χ3v) is 4.90. The molecular formula is C21H26N4O2. The summed E-state index contributed by atoms with van der Waals surface area (Å²) in [6, 6.07) is 15.4. The highest BCUT2D eigenvalue weighted by atomic mass is 16.2. The van der Waals surface area contributed by atoms with Gasteiger partial charge < -0.3 is 20.4 Å². The van der Waals surface area contributed by atoms with Crippen molar-refractivity contribution in [3.8, 4) is 0 Å². The second kappa shape index (κ2) is 8.68. The maximum atomic E-state index is 12.1. The maximum absolute atomic E-state index is 12.1. The van der Waals surface area contributed by atoms with Crippen LogP contribution >= 0.6 is 0 Å². The van der Waals surface area contributed by atoms with E-state index in [2.05, 4.69) is 27.5 Å². The molecule has 0 radical (unpaired) electrons. The molecule has 3 rings (SSSR count). The Balaban J connectivity index is 1.51. The van der Waals surface area contributed by atoms with E-state index in [-0.39, 0.29) is 0 Å². The summed E-state index contributed by atoms with van der Waals surface area (Å²) in [5.74, 6) is -1.29. The number of benzene rings is 2. The number of nitrogens with zero attached hydrogens (tertiary/aromatic N) is 2. The molecular weight excluding hydrogens is 340 g/mol. The van der Waals surface area contributed by atoms with E-state index in [9.17, 15) is 9.59 Å². The van der Waals surface area contributed by atoms with Crippen LogP contribution in [0.5, 0.6) is 0 Å². The smallest absolute Gasteiger partial charge is 0.313 e.